The number of amides is 2. The summed E-state index contributed by atoms with van der Waals surface area (Å²) < 4.78 is 24.4. The van der Waals surface area contributed by atoms with Crippen LogP contribution in [0.3, 0.4) is 0 Å². The quantitative estimate of drug-likeness (QED) is 0.631. The van der Waals surface area contributed by atoms with Crippen LogP contribution in [-0.4, -0.2) is 47.4 Å². The van der Waals surface area contributed by atoms with E-state index in [2.05, 4.69) is 0 Å². The lowest BCUT2D eigenvalue weighted by molar-refractivity contribution is -0.143. The van der Waals surface area contributed by atoms with Crippen LogP contribution in [0.1, 0.15) is 37.0 Å². The number of carbonyl (C=O) groups is 2. The molecular formula is C23H27FN2O4. The van der Waals surface area contributed by atoms with Gasteiger partial charge in [-0.05, 0) is 55.5 Å². The summed E-state index contributed by atoms with van der Waals surface area (Å²) >= 11 is 0. The molecule has 0 bridgehead atoms. The second-order valence-corrected chi connectivity index (χ2v) is 8.08. The van der Waals surface area contributed by atoms with Gasteiger partial charge in [-0.3, -0.25) is 9.59 Å². The normalized spacial score (nSPS) is 18.4. The summed E-state index contributed by atoms with van der Waals surface area (Å²) in [5.41, 5.74) is 0.815. The van der Waals surface area contributed by atoms with Crippen molar-refractivity contribution >= 4 is 11.8 Å². The molecule has 7 heteroatoms. The fourth-order valence-electron chi connectivity index (χ4n) is 3.75. The highest BCUT2D eigenvalue weighted by Crippen LogP contribution is 2.31. The van der Waals surface area contributed by atoms with Crippen LogP contribution >= 0.6 is 0 Å². The maximum absolute atomic E-state index is 13.3. The third-order valence-corrected chi connectivity index (χ3v) is 5.58. The average Bonchev–Trinajstić information content (AvgIpc) is 3.21. The van der Waals surface area contributed by atoms with Gasteiger partial charge in [0.15, 0.2) is 0 Å². The molecule has 2 heterocycles. The zero-order valence-electron chi connectivity index (χ0n) is 17.0. The molecular weight excluding hydrogens is 387 g/mol. The minimum atomic E-state index is -0.319. The SMILES string of the molecule is O=C(CN(CC1CCCO1)C(=O)C1CC1)N(Cc1ccc(F)cc1)Cc1ccco1. The highest BCUT2D eigenvalue weighted by Gasteiger charge is 2.36. The van der Waals surface area contributed by atoms with Crippen LogP contribution in [0.2, 0.25) is 0 Å². The number of nitrogens with zero attached hydrogens (tertiary/aromatic N) is 2. The zero-order chi connectivity index (χ0) is 20.9. The Morgan fingerprint density at radius 1 is 1.03 bits per heavy atom. The molecule has 1 saturated heterocycles. The number of furan rings is 1. The van der Waals surface area contributed by atoms with Crippen LogP contribution in [-0.2, 0) is 27.4 Å². The molecule has 1 unspecified atom stereocenters. The van der Waals surface area contributed by atoms with Crippen LogP contribution < -0.4 is 0 Å². The third-order valence-electron chi connectivity index (χ3n) is 5.58. The Kier molecular flexibility index (Phi) is 6.47. The highest BCUT2D eigenvalue weighted by molar-refractivity contribution is 5.87. The van der Waals surface area contributed by atoms with E-state index < -0.39 is 0 Å². The molecule has 2 amide bonds. The van der Waals surface area contributed by atoms with E-state index in [4.69, 9.17) is 9.15 Å². The first-order valence-electron chi connectivity index (χ1n) is 10.5. The summed E-state index contributed by atoms with van der Waals surface area (Å²) in [7, 11) is 0. The van der Waals surface area contributed by atoms with Gasteiger partial charge in [-0.15, -0.1) is 0 Å². The first-order chi connectivity index (χ1) is 14.6. The molecule has 0 radical (unpaired) electrons. The summed E-state index contributed by atoms with van der Waals surface area (Å²) in [6, 6.07) is 9.67. The molecule has 6 nitrogen and oxygen atoms in total. The van der Waals surface area contributed by atoms with E-state index in [9.17, 15) is 14.0 Å². The fraction of sp³-hybridized carbons (Fsp3) is 0.478. The molecule has 1 aromatic heterocycles. The summed E-state index contributed by atoms with van der Waals surface area (Å²) in [4.78, 5) is 29.4. The lowest BCUT2D eigenvalue weighted by Gasteiger charge is -2.29. The summed E-state index contributed by atoms with van der Waals surface area (Å²) in [6.07, 6.45) is 5.24. The van der Waals surface area contributed by atoms with E-state index in [1.165, 1.54) is 12.1 Å². The maximum Gasteiger partial charge on any atom is 0.242 e. The van der Waals surface area contributed by atoms with Crippen molar-refractivity contribution in [1.82, 2.24) is 9.80 Å². The van der Waals surface area contributed by atoms with Crippen molar-refractivity contribution in [2.75, 3.05) is 19.7 Å². The van der Waals surface area contributed by atoms with Crippen LogP contribution in [0, 0.1) is 11.7 Å². The largest absolute Gasteiger partial charge is 0.467 e. The monoisotopic (exact) mass is 414 g/mol. The Morgan fingerprint density at radius 2 is 1.83 bits per heavy atom. The molecule has 30 heavy (non-hydrogen) atoms. The van der Waals surface area contributed by atoms with Gasteiger partial charge in [0.25, 0.3) is 0 Å². The van der Waals surface area contributed by atoms with Gasteiger partial charge in [0, 0.05) is 25.6 Å². The minimum Gasteiger partial charge on any atom is -0.467 e. The highest BCUT2D eigenvalue weighted by atomic mass is 19.1. The first kappa shape index (κ1) is 20.6. The molecule has 2 aromatic rings. The fourth-order valence-corrected chi connectivity index (χ4v) is 3.75. The Morgan fingerprint density at radius 3 is 2.47 bits per heavy atom. The van der Waals surface area contributed by atoms with Gasteiger partial charge in [-0.1, -0.05) is 12.1 Å². The number of benzene rings is 1. The number of hydrogen-bond acceptors (Lipinski definition) is 4. The van der Waals surface area contributed by atoms with Gasteiger partial charge in [0.1, 0.15) is 11.6 Å². The molecule has 1 aliphatic carbocycles. The first-order valence-corrected chi connectivity index (χ1v) is 10.5. The molecule has 1 atom stereocenters. The van der Waals surface area contributed by atoms with Gasteiger partial charge in [-0.25, -0.2) is 4.39 Å². The lowest BCUT2D eigenvalue weighted by Crippen LogP contribution is -2.45. The molecule has 0 spiro atoms. The van der Waals surface area contributed by atoms with Gasteiger partial charge < -0.3 is 19.0 Å². The second kappa shape index (κ2) is 9.43. The summed E-state index contributed by atoms with van der Waals surface area (Å²) in [6.45, 7) is 1.77. The maximum atomic E-state index is 13.3. The molecule has 1 aliphatic heterocycles. The van der Waals surface area contributed by atoms with Crippen molar-refractivity contribution in [3.63, 3.8) is 0 Å². The second-order valence-electron chi connectivity index (χ2n) is 8.08. The third kappa shape index (κ3) is 5.48. The predicted octanol–water partition coefficient (Wildman–Crippen LogP) is 3.37. The van der Waals surface area contributed by atoms with Crippen LogP contribution in [0.25, 0.3) is 0 Å². The average molecular weight is 414 g/mol. The van der Waals surface area contributed by atoms with E-state index in [0.29, 0.717) is 25.5 Å². The van der Waals surface area contributed by atoms with Crippen LogP contribution in [0.4, 0.5) is 4.39 Å². The van der Waals surface area contributed by atoms with Crippen molar-refractivity contribution in [3.05, 3.63) is 59.8 Å². The van der Waals surface area contributed by atoms with Gasteiger partial charge in [-0.2, -0.15) is 0 Å². The number of rotatable bonds is 9. The number of carbonyl (C=O) groups excluding carboxylic acids is 2. The van der Waals surface area contributed by atoms with E-state index in [1.54, 1.807) is 34.3 Å². The Hall–Kier alpha value is -2.67. The molecule has 2 fully saturated rings. The zero-order valence-corrected chi connectivity index (χ0v) is 17.0. The number of ether oxygens (including phenoxy) is 1. The Labute approximate surface area is 175 Å². The van der Waals surface area contributed by atoms with Crippen molar-refractivity contribution in [3.8, 4) is 0 Å². The number of hydrogen-bond donors (Lipinski definition) is 0. The molecule has 2 aliphatic rings. The molecule has 1 aromatic carbocycles. The van der Waals surface area contributed by atoms with E-state index in [0.717, 1.165) is 31.2 Å². The van der Waals surface area contributed by atoms with Crippen molar-refractivity contribution in [2.24, 2.45) is 5.92 Å². The lowest BCUT2D eigenvalue weighted by atomic mass is 10.2. The van der Waals surface area contributed by atoms with Crippen LogP contribution in [0.5, 0.6) is 0 Å². The molecule has 160 valence electrons. The van der Waals surface area contributed by atoms with E-state index in [-0.39, 0.29) is 42.7 Å². The molecule has 1 saturated carbocycles. The summed E-state index contributed by atoms with van der Waals surface area (Å²) in [5, 5.41) is 0. The van der Waals surface area contributed by atoms with Gasteiger partial charge in [0.2, 0.25) is 11.8 Å². The smallest absolute Gasteiger partial charge is 0.242 e. The van der Waals surface area contributed by atoms with Crippen LogP contribution in [0.15, 0.2) is 47.1 Å². The number of halogens is 1. The summed E-state index contributed by atoms with van der Waals surface area (Å²) in [5.74, 6) is 0.251. The standard InChI is InChI=1S/C23H27FN2O4/c24-19-9-5-17(6-10-19)13-25(14-20-3-1-11-29-20)22(27)16-26(23(28)18-7-8-18)15-21-4-2-12-30-21/h1,3,5-6,9-11,18,21H,2,4,7-8,12-16H2. The van der Waals surface area contributed by atoms with Gasteiger partial charge in [0.05, 0.1) is 25.5 Å². The topological polar surface area (TPSA) is 63.0 Å². The predicted molar refractivity (Wildman–Crippen MR) is 108 cm³/mol. The minimum absolute atomic E-state index is 0.00359. The van der Waals surface area contributed by atoms with Gasteiger partial charge >= 0.3 is 0 Å². The Balaban J connectivity index is 1.47. The van der Waals surface area contributed by atoms with Crippen molar-refractivity contribution in [2.45, 2.75) is 44.9 Å². The Bertz CT molecular complexity index is 843. The van der Waals surface area contributed by atoms with E-state index >= 15 is 0 Å². The molecule has 0 N–H and O–H groups in total. The molecule has 4 rings (SSSR count). The van der Waals surface area contributed by atoms with Crippen molar-refractivity contribution in [1.29, 1.82) is 0 Å². The van der Waals surface area contributed by atoms with E-state index in [1.807, 2.05) is 6.07 Å². The van der Waals surface area contributed by atoms with Crippen molar-refractivity contribution < 1.29 is 23.1 Å².